The van der Waals surface area contributed by atoms with Crippen LogP contribution >= 0.6 is 11.8 Å². The zero-order chi connectivity index (χ0) is 21.2. The van der Waals surface area contributed by atoms with E-state index in [1.807, 2.05) is 60.7 Å². The van der Waals surface area contributed by atoms with Crippen molar-refractivity contribution in [2.24, 2.45) is 4.99 Å². The number of thioether (sulfide) groups is 1. The summed E-state index contributed by atoms with van der Waals surface area (Å²) in [6.45, 7) is 1.14. The highest BCUT2D eigenvalue weighted by Crippen LogP contribution is 2.38. The molecule has 31 heavy (non-hydrogen) atoms. The van der Waals surface area contributed by atoms with Gasteiger partial charge >= 0.3 is 0 Å². The largest absolute Gasteiger partial charge is 0.508 e. The number of para-hydroxylation sites is 1. The van der Waals surface area contributed by atoms with Gasteiger partial charge in [-0.1, -0.05) is 60.3 Å². The number of phenols is 1. The topological polar surface area (TPSA) is 56.1 Å². The van der Waals surface area contributed by atoms with E-state index in [0.717, 1.165) is 26.9 Å². The SMILES string of the molecule is O=C1C(Cc2ccccc2)=NC2=C(Sc3ccc(O)cc3)CN(c3ccccc3)CN12. The lowest BCUT2D eigenvalue weighted by Gasteiger charge is -2.35. The molecule has 0 saturated carbocycles. The summed E-state index contributed by atoms with van der Waals surface area (Å²) < 4.78 is 0. The number of nitrogens with zero attached hydrogens (tertiary/aromatic N) is 3. The minimum Gasteiger partial charge on any atom is -0.508 e. The standard InChI is InChI=1S/C25H21N3O2S/c29-20-11-13-21(14-12-20)31-23-16-27(19-9-5-2-6-10-19)17-28-24(23)26-22(25(28)30)15-18-7-3-1-4-8-18/h1-14,29H,15-17H2. The second-order valence-electron chi connectivity index (χ2n) is 7.47. The fourth-order valence-corrected chi connectivity index (χ4v) is 4.77. The van der Waals surface area contributed by atoms with Crippen LogP contribution in [0.1, 0.15) is 5.56 Å². The summed E-state index contributed by atoms with van der Waals surface area (Å²) in [6.07, 6.45) is 0.516. The van der Waals surface area contributed by atoms with Crippen LogP contribution < -0.4 is 4.90 Å². The van der Waals surface area contributed by atoms with Crippen LogP contribution in [-0.2, 0) is 11.2 Å². The molecule has 0 bridgehead atoms. The van der Waals surface area contributed by atoms with E-state index in [4.69, 9.17) is 4.99 Å². The van der Waals surface area contributed by atoms with Crippen LogP contribution in [0.5, 0.6) is 5.75 Å². The first kappa shape index (κ1) is 19.5. The number of fused-ring (bicyclic) bond motifs is 1. The summed E-state index contributed by atoms with van der Waals surface area (Å²) in [5, 5.41) is 9.61. The molecule has 0 saturated heterocycles. The summed E-state index contributed by atoms with van der Waals surface area (Å²) >= 11 is 1.58. The van der Waals surface area contributed by atoms with Crippen molar-refractivity contribution in [2.45, 2.75) is 11.3 Å². The Morgan fingerprint density at radius 3 is 2.29 bits per heavy atom. The molecule has 0 aliphatic carbocycles. The maximum Gasteiger partial charge on any atom is 0.275 e. The minimum atomic E-state index is -0.0386. The summed E-state index contributed by atoms with van der Waals surface area (Å²) in [5.41, 5.74) is 2.71. The first-order chi connectivity index (χ1) is 15.2. The van der Waals surface area contributed by atoms with E-state index in [-0.39, 0.29) is 11.7 Å². The van der Waals surface area contributed by atoms with Gasteiger partial charge in [0.25, 0.3) is 5.91 Å². The van der Waals surface area contributed by atoms with E-state index >= 15 is 0 Å². The molecular formula is C25H21N3O2S. The number of hydrogen-bond acceptors (Lipinski definition) is 5. The third kappa shape index (κ3) is 4.07. The Morgan fingerprint density at radius 2 is 1.58 bits per heavy atom. The van der Waals surface area contributed by atoms with Crippen molar-refractivity contribution in [1.82, 2.24) is 4.90 Å². The third-order valence-electron chi connectivity index (χ3n) is 5.30. The third-order valence-corrected chi connectivity index (χ3v) is 6.36. The predicted molar refractivity (Wildman–Crippen MR) is 124 cm³/mol. The zero-order valence-corrected chi connectivity index (χ0v) is 17.6. The van der Waals surface area contributed by atoms with E-state index in [1.54, 1.807) is 28.8 Å². The molecule has 0 unspecified atom stereocenters. The fraction of sp³-hybridized carbons (Fsp3) is 0.120. The van der Waals surface area contributed by atoms with E-state index in [1.165, 1.54) is 0 Å². The van der Waals surface area contributed by atoms with Gasteiger partial charge in [-0.25, -0.2) is 4.99 Å². The molecule has 6 heteroatoms. The van der Waals surface area contributed by atoms with Crippen molar-refractivity contribution in [3.05, 3.63) is 101 Å². The molecule has 3 aromatic rings. The number of rotatable bonds is 5. The Morgan fingerprint density at radius 1 is 0.903 bits per heavy atom. The van der Waals surface area contributed by atoms with E-state index in [2.05, 4.69) is 17.0 Å². The maximum atomic E-state index is 13.3. The van der Waals surface area contributed by atoms with Crippen molar-refractivity contribution in [3.63, 3.8) is 0 Å². The van der Waals surface area contributed by atoms with Gasteiger partial charge in [0.2, 0.25) is 0 Å². The van der Waals surface area contributed by atoms with Crippen molar-refractivity contribution in [2.75, 3.05) is 18.1 Å². The second kappa shape index (κ2) is 8.32. The molecule has 0 fully saturated rings. The van der Waals surface area contributed by atoms with Gasteiger partial charge in [-0.3, -0.25) is 9.69 Å². The average molecular weight is 428 g/mol. The van der Waals surface area contributed by atoms with Crippen molar-refractivity contribution >= 4 is 29.1 Å². The van der Waals surface area contributed by atoms with Gasteiger partial charge in [-0.15, -0.1) is 0 Å². The van der Waals surface area contributed by atoms with Gasteiger partial charge < -0.3 is 10.0 Å². The highest BCUT2D eigenvalue weighted by Gasteiger charge is 2.37. The molecule has 2 heterocycles. The van der Waals surface area contributed by atoms with Crippen LogP contribution in [0.4, 0.5) is 5.69 Å². The van der Waals surface area contributed by atoms with E-state index in [0.29, 0.717) is 25.3 Å². The smallest absolute Gasteiger partial charge is 0.275 e. The van der Waals surface area contributed by atoms with E-state index in [9.17, 15) is 9.90 Å². The van der Waals surface area contributed by atoms with Crippen LogP contribution in [0, 0.1) is 0 Å². The summed E-state index contributed by atoms with van der Waals surface area (Å²) in [6, 6.07) is 27.2. The van der Waals surface area contributed by atoms with Gasteiger partial charge in [0.1, 0.15) is 24.0 Å². The van der Waals surface area contributed by atoms with Gasteiger partial charge in [-0.2, -0.15) is 0 Å². The molecule has 2 aliphatic heterocycles. The van der Waals surface area contributed by atoms with Crippen LogP contribution in [-0.4, -0.2) is 34.8 Å². The fourth-order valence-electron chi connectivity index (χ4n) is 3.75. The Hall–Kier alpha value is -3.51. The average Bonchev–Trinajstić information content (AvgIpc) is 3.12. The van der Waals surface area contributed by atoms with Gasteiger partial charge in [0.05, 0.1) is 11.4 Å². The number of carbonyl (C=O) groups excluding carboxylic acids is 1. The molecule has 5 nitrogen and oxygen atoms in total. The van der Waals surface area contributed by atoms with Crippen LogP contribution in [0.15, 0.2) is 106 Å². The van der Waals surface area contributed by atoms with Crippen molar-refractivity contribution in [3.8, 4) is 5.75 Å². The molecular weight excluding hydrogens is 406 g/mol. The maximum absolute atomic E-state index is 13.3. The molecule has 0 spiro atoms. The van der Waals surface area contributed by atoms with Gasteiger partial charge in [0, 0.05) is 17.0 Å². The first-order valence-electron chi connectivity index (χ1n) is 10.1. The summed E-state index contributed by atoms with van der Waals surface area (Å²) in [7, 11) is 0. The van der Waals surface area contributed by atoms with E-state index < -0.39 is 0 Å². The van der Waals surface area contributed by atoms with Crippen molar-refractivity contribution < 1.29 is 9.90 Å². The molecule has 5 rings (SSSR count). The Balaban J connectivity index is 1.50. The predicted octanol–water partition coefficient (Wildman–Crippen LogP) is 4.66. The monoisotopic (exact) mass is 427 g/mol. The number of amides is 1. The van der Waals surface area contributed by atoms with Crippen LogP contribution in [0.2, 0.25) is 0 Å². The molecule has 0 aromatic heterocycles. The van der Waals surface area contributed by atoms with Crippen LogP contribution in [0.3, 0.4) is 0 Å². The van der Waals surface area contributed by atoms with Crippen molar-refractivity contribution in [1.29, 1.82) is 0 Å². The van der Waals surface area contributed by atoms with Gasteiger partial charge in [0.15, 0.2) is 0 Å². The lowest BCUT2D eigenvalue weighted by molar-refractivity contribution is -0.121. The molecule has 2 aliphatic rings. The zero-order valence-electron chi connectivity index (χ0n) is 16.8. The molecule has 0 atom stereocenters. The first-order valence-corrected chi connectivity index (χ1v) is 10.9. The summed E-state index contributed by atoms with van der Waals surface area (Å²) in [5.74, 6) is 0.932. The number of carbonyl (C=O) groups is 1. The normalized spacial score (nSPS) is 15.9. The highest BCUT2D eigenvalue weighted by atomic mass is 32.2. The Labute approximate surface area is 185 Å². The Kier molecular flexibility index (Phi) is 5.22. The van der Waals surface area contributed by atoms with Gasteiger partial charge in [-0.05, 0) is 42.0 Å². The minimum absolute atomic E-state index is 0.0386. The molecule has 154 valence electrons. The number of phenolic OH excluding ortho intramolecular Hbond substituents is 1. The Bertz CT molecular complexity index is 1160. The van der Waals surface area contributed by atoms with Crippen LogP contribution in [0.25, 0.3) is 0 Å². The molecule has 0 radical (unpaired) electrons. The molecule has 1 amide bonds. The summed E-state index contributed by atoms with van der Waals surface area (Å²) in [4.78, 5) is 24.0. The molecule has 3 aromatic carbocycles. The second-order valence-corrected chi connectivity index (χ2v) is 8.64. The quantitative estimate of drug-likeness (QED) is 0.644. The lowest BCUT2D eigenvalue weighted by Crippen LogP contribution is -2.45. The molecule has 1 N–H and O–H groups in total. The lowest BCUT2D eigenvalue weighted by atomic mass is 10.1. The number of benzene rings is 3. The highest BCUT2D eigenvalue weighted by molar-refractivity contribution is 8.03. The number of aromatic hydroxyl groups is 1. The number of anilines is 1. The number of aliphatic imine (C=N–C) groups is 1. The number of hydrogen-bond donors (Lipinski definition) is 1.